The summed E-state index contributed by atoms with van der Waals surface area (Å²) in [5.74, 6) is 0.166. The van der Waals surface area contributed by atoms with Crippen LogP contribution in [0.25, 0.3) is 0 Å². The Kier molecular flexibility index (Phi) is 5.73. The molecule has 33 heavy (non-hydrogen) atoms. The van der Waals surface area contributed by atoms with Crippen molar-refractivity contribution in [3.63, 3.8) is 0 Å². The third-order valence-electron chi connectivity index (χ3n) is 4.86. The summed E-state index contributed by atoms with van der Waals surface area (Å²) in [6, 6.07) is 8.67. The summed E-state index contributed by atoms with van der Waals surface area (Å²) in [6.45, 7) is -0.302. The van der Waals surface area contributed by atoms with E-state index in [2.05, 4.69) is 0 Å². The van der Waals surface area contributed by atoms with Crippen molar-refractivity contribution in [2.24, 2.45) is 0 Å². The molecule has 1 aromatic heterocycles. The molecular formula is C22H15F6NO4. The number of fused-ring (bicyclic) bond motifs is 1. The van der Waals surface area contributed by atoms with Gasteiger partial charge in [-0.2, -0.15) is 26.3 Å². The number of ether oxygens (including phenoxy) is 2. The van der Waals surface area contributed by atoms with Gasteiger partial charge in [0, 0.05) is 12.1 Å². The lowest BCUT2D eigenvalue weighted by Gasteiger charge is -2.23. The topological polar surface area (TPSA) is 51.9 Å². The predicted octanol–water partition coefficient (Wildman–Crippen LogP) is 5.89. The first-order chi connectivity index (χ1) is 15.5. The number of carbonyl (C=O) groups excluding carboxylic acids is 1. The van der Waals surface area contributed by atoms with Crippen molar-refractivity contribution >= 4 is 5.91 Å². The van der Waals surface area contributed by atoms with Crippen molar-refractivity contribution in [3.05, 3.63) is 82.8 Å². The van der Waals surface area contributed by atoms with Gasteiger partial charge in [-0.05, 0) is 48.0 Å². The van der Waals surface area contributed by atoms with Gasteiger partial charge < -0.3 is 18.8 Å². The number of hydrogen-bond donors (Lipinski definition) is 0. The number of benzene rings is 2. The quantitative estimate of drug-likeness (QED) is 0.436. The van der Waals surface area contributed by atoms with Crippen LogP contribution in [0.2, 0.25) is 0 Å². The third kappa shape index (κ3) is 5.07. The fraction of sp³-hybridized carbons (Fsp3) is 0.227. The summed E-state index contributed by atoms with van der Waals surface area (Å²) in [7, 11) is 0. The number of nitrogens with zero attached hydrogens (tertiary/aromatic N) is 1. The Morgan fingerprint density at radius 2 is 1.52 bits per heavy atom. The summed E-state index contributed by atoms with van der Waals surface area (Å²) in [5, 5.41) is 0. The van der Waals surface area contributed by atoms with Gasteiger partial charge in [-0.1, -0.05) is 6.07 Å². The molecule has 1 amide bonds. The van der Waals surface area contributed by atoms with Crippen molar-refractivity contribution in [2.45, 2.75) is 25.4 Å². The van der Waals surface area contributed by atoms with E-state index >= 15 is 0 Å². The lowest BCUT2D eigenvalue weighted by Crippen LogP contribution is -2.30. The highest BCUT2D eigenvalue weighted by atomic mass is 19.4. The Balaban J connectivity index is 1.71. The Bertz CT molecular complexity index is 1120. The molecule has 0 fully saturated rings. The Morgan fingerprint density at radius 1 is 0.848 bits per heavy atom. The highest BCUT2D eigenvalue weighted by molar-refractivity contribution is 5.94. The molecule has 2 heterocycles. The van der Waals surface area contributed by atoms with Gasteiger partial charge >= 0.3 is 12.4 Å². The molecule has 0 unspecified atom stereocenters. The fourth-order valence-electron chi connectivity index (χ4n) is 3.31. The minimum atomic E-state index is -5.07. The molecular weight excluding hydrogens is 456 g/mol. The van der Waals surface area contributed by atoms with Gasteiger partial charge in [-0.25, -0.2) is 0 Å². The van der Waals surface area contributed by atoms with Gasteiger partial charge in [0.15, 0.2) is 11.5 Å². The zero-order chi connectivity index (χ0) is 23.8. The van der Waals surface area contributed by atoms with E-state index in [9.17, 15) is 31.1 Å². The van der Waals surface area contributed by atoms with Crippen molar-refractivity contribution in [2.75, 3.05) is 6.79 Å². The molecule has 0 saturated heterocycles. The number of rotatable bonds is 5. The zero-order valence-electron chi connectivity index (χ0n) is 16.7. The van der Waals surface area contributed by atoms with Crippen LogP contribution < -0.4 is 9.47 Å². The smallest absolute Gasteiger partial charge is 0.416 e. The molecule has 0 bridgehead atoms. The molecule has 0 spiro atoms. The van der Waals surface area contributed by atoms with Gasteiger partial charge in [0.1, 0.15) is 5.76 Å². The van der Waals surface area contributed by atoms with Crippen LogP contribution in [-0.2, 0) is 25.4 Å². The van der Waals surface area contributed by atoms with Crippen LogP contribution in [0.4, 0.5) is 26.3 Å². The second-order valence-corrected chi connectivity index (χ2v) is 7.22. The molecule has 4 rings (SSSR count). The molecule has 174 valence electrons. The van der Waals surface area contributed by atoms with Crippen molar-refractivity contribution in [1.82, 2.24) is 4.90 Å². The summed E-state index contributed by atoms with van der Waals surface area (Å²) in [6.07, 6.45) is -8.80. The highest BCUT2D eigenvalue weighted by Gasteiger charge is 2.38. The molecule has 5 nitrogen and oxygen atoms in total. The first-order valence-electron chi connectivity index (χ1n) is 9.50. The van der Waals surface area contributed by atoms with Gasteiger partial charge in [0.25, 0.3) is 5.91 Å². The van der Waals surface area contributed by atoms with Gasteiger partial charge in [0.05, 0.1) is 23.9 Å². The lowest BCUT2D eigenvalue weighted by molar-refractivity contribution is -0.143. The number of hydrogen-bond acceptors (Lipinski definition) is 4. The van der Waals surface area contributed by atoms with E-state index in [1.54, 1.807) is 24.3 Å². The number of alkyl halides is 6. The predicted molar refractivity (Wildman–Crippen MR) is 101 cm³/mol. The van der Waals surface area contributed by atoms with Gasteiger partial charge in [0.2, 0.25) is 6.79 Å². The monoisotopic (exact) mass is 471 g/mol. The zero-order valence-corrected chi connectivity index (χ0v) is 16.7. The van der Waals surface area contributed by atoms with E-state index in [1.165, 1.54) is 12.3 Å². The fourth-order valence-corrected chi connectivity index (χ4v) is 3.31. The van der Waals surface area contributed by atoms with Gasteiger partial charge in [-0.3, -0.25) is 4.79 Å². The molecule has 1 aliphatic heterocycles. The first kappa shape index (κ1) is 22.6. The Morgan fingerprint density at radius 3 is 2.12 bits per heavy atom. The third-order valence-corrected chi connectivity index (χ3v) is 4.86. The van der Waals surface area contributed by atoms with E-state index in [0.717, 1.165) is 4.90 Å². The van der Waals surface area contributed by atoms with Crippen molar-refractivity contribution in [1.29, 1.82) is 0 Å². The molecule has 3 aromatic rings. The molecule has 0 atom stereocenters. The second-order valence-electron chi connectivity index (χ2n) is 7.22. The van der Waals surface area contributed by atoms with E-state index < -0.39 is 35.0 Å². The summed E-state index contributed by atoms with van der Waals surface area (Å²) in [5.41, 5.74) is -3.35. The maximum atomic E-state index is 13.2. The number of halogens is 6. The van der Waals surface area contributed by atoms with Crippen LogP contribution in [-0.4, -0.2) is 17.6 Å². The average molecular weight is 471 g/mol. The van der Waals surface area contributed by atoms with Crippen LogP contribution in [0, 0.1) is 0 Å². The molecule has 0 aliphatic carbocycles. The molecule has 0 saturated carbocycles. The van der Waals surface area contributed by atoms with Crippen LogP contribution >= 0.6 is 0 Å². The van der Waals surface area contributed by atoms with E-state index in [0.29, 0.717) is 35.0 Å². The lowest BCUT2D eigenvalue weighted by atomic mass is 10.0. The first-order valence-corrected chi connectivity index (χ1v) is 9.50. The van der Waals surface area contributed by atoms with Crippen molar-refractivity contribution < 1.29 is 45.0 Å². The Labute approximate surface area is 183 Å². The van der Waals surface area contributed by atoms with Crippen molar-refractivity contribution in [3.8, 4) is 11.5 Å². The summed E-state index contributed by atoms with van der Waals surface area (Å²) in [4.78, 5) is 14.3. The average Bonchev–Trinajstić information content (AvgIpc) is 3.42. The van der Waals surface area contributed by atoms with E-state index in [-0.39, 0.29) is 25.9 Å². The Hall–Kier alpha value is -3.63. The summed E-state index contributed by atoms with van der Waals surface area (Å²) >= 11 is 0. The summed E-state index contributed by atoms with van der Waals surface area (Å²) < 4.78 is 95.2. The van der Waals surface area contributed by atoms with Gasteiger partial charge in [-0.15, -0.1) is 0 Å². The highest BCUT2D eigenvalue weighted by Crippen LogP contribution is 2.37. The van der Waals surface area contributed by atoms with Crippen LogP contribution in [0.15, 0.2) is 59.2 Å². The SMILES string of the molecule is O=C(c1cc(C(F)(F)F)cc(C(F)(F)F)c1)N(Cc1ccc2c(c1)OCO2)Cc1ccco1. The normalized spacial score (nSPS) is 13.3. The molecule has 0 radical (unpaired) electrons. The maximum Gasteiger partial charge on any atom is 0.416 e. The standard InChI is InChI=1S/C22H15F6NO4/c23-21(24,25)15-7-14(8-16(9-15)22(26,27)28)20(30)29(11-17-2-1-5-31-17)10-13-3-4-18-19(6-13)33-12-32-18/h1-9H,10-12H2. The van der Waals surface area contributed by atoms with Crippen LogP contribution in [0.1, 0.15) is 32.8 Å². The molecule has 11 heteroatoms. The van der Waals surface area contributed by atoms with E-state index in [4.69, 9.17) is 13.9 Å². The number of furan rings is 1. The molecule has 1 aliphatic rings. The number of amides is 1. The molecule has 2 aromatic carbocycles. The maximum absolute atomic E-state index is 13.2. The van der Waals surface area contributed by atoms with Crippen LogP contribution in [0.3, 0.4) is 0 Å². The van der Waals surface area contributed by atoms with Crippen LogP contribution in [0.5, 0.6) is 11.5 Å². The minimum absolute atomic E-state index is 0.0122. The minimum Gasteiger partial charge on any atom is -0.467 e. The largest absolute Gasteiger partial charge is 0.467 e. The molecule has 0 N–H and O–H groups in total. The number of carbonyl (C=O) groups is 1. The second kappa shape index (κ2) is 8.38. The van der Waals surface area contributed by atoms with E-state index in [1.807, 2.05) is 0 Å².